The fourth-order valence-electron chi connectivity index (χ4n) is 4.05. The van der Waals surface area contributed by atoms with E-state index >= 15 is 0 Å². The Labute approximate surface area is 176 Å². The number of aliphatic hydroxyl groups is 1. The van der Waals surface area contributed by atoms with Gasteiger partial charge < -0.3 is 19.9 Å². The van der Waals surface area contributed by atoms with Crippen molar-refractivity contribution in [1.29, 1.82) is 0 Å². The summed E-state index contributed by atoms with van der Waals surface area (Å²) in [4.78, 5) is 19.5. The molecule has 2 heterocycles. The minimum Gasteiger partial charge on any atom is -0.374 e. The van der Waals surface area contributed by atoms with Gasteiger partial charge in [-0.15, -0.1) is 0 Å². The van der Waals surface area contributed by atoms with Crippen LogP contribution in [0.2, 0.25) is 0 Å². The molecule has 30 heavy (non-hydrogen) atoms. The van der Waals surface area contributed by atoms with Crippen molar-refractivity contribution in [3.63, 3.8) is 0 Å². The van der Waals surface area contributed by atoms with E-state index in [0.717, 1.165) is 47.6 Å². The Balaban J connectivity index is 1.61. The smallest absolute Gasteiger partial charge is 0.253 e. The van der Waals surface area contributed by atoms with Crippen LogP contribution in [0.3, 0.4) is 0 Å². The molecule has 0 spiro atoms. The average molecular weight is 408 g/mol. The van der Waals surface area contributed by atoms with E-state index in [1.807, 2.05) is 42.5 Å². The SMILES string of the molecule is CCN(CC)CCNC(O)c1cccc(-c2nc3cccc4c3n2CCNC4=O)c1. The Kier molecular flexibility index (Phi) is 6.13. The zero-order chi connectivity index (χ0) is 21.1. The molecule has 0 aliphatic carbocycles. The van der Waals surface area contributed by atoms with Crippen LogP contribution in [0.25, 0.3) is 22.4 Å². The highest BCUT2D eigenvalue weighted by Crippen LogP contribution is 2.29. The van der Waals surface area contributed by atoms with Crippen LogP contribution in [0.1, 0.15) is 36.0 Å². The van der Waals surface area contributed by atoms with E-state index in [2.05, 4.69) is 33.9 Å². The van der Waals surface area contributed by atoms with Crippen LogP contribution >= 0.6 is 0 Å². The lowest BCUT2D eigenvalue weighted by atomic mass is 10.1. The van der Waals surface area contributed by atoms with Crippen molar-refractivity contribution in [2.24, 2.45) is 0 Å². The van der Waals surface area contributed by atoms with Crippen LogP contribution in [0, 0.1) is 0 Å². The van der Waals surface area contributed by atoms with Crippen molar-refractivity contribution in [1.82, 2.24) is 25.1 Å². The number of nitrogens with one attached hydrogen (secondary N) is 2. The number of likely N-dealkylation sites (N-methyl/N-ethyl adjacent to an activating group) is 1. The standard InChI is InChI=1S/C23H29N5O2/c1-3-27(4-2)13-11-24-22(29)17-8-5-7-16(15-17)21-26-19-10-6-9-18-20(19)28(21)14-12-25-23(18)30/h5-10,15,22,24,29H,3-4,11-14H2,1-2H3,(H,25,30). The van der Waals surface area contributed by atoms with Crippen molar-refractivity contribution in [2.75, 3.05) is 32.7 Å². The molecule has 1 aromatic heterocycles. The summed E-state index contributed by atoms with van der Waals surface area (Å²) in [5.41, 5.74) is 4.05. The van der Waals surface area contributed by atoms with Crippen LogP contribution in [-0.2, 0) is 6.54 Å². The maximum Gasteiger partial charge on any atom is 0.253 e. The molecule has 158 valence electrons. The van der Waals surface area contributed by atoms with Crippen molar-refractivity contribution >= 4 is 16.9 Å². The normalized spacial score (nSPS) is 14.7. The fourth-order valence-corrected chi connectivity index (χ4v) is 4.05. The molecule has 0 fully saturated rings. The van der Waals surface area contributed by atoms with E-state index in [1.165, 1.54) is 0 Å². The van der Waals surface area contributed by atoms with Gasteiger partial charge in [0.1, 0.15) is 12.1 Å². The third kappa shape index (κ3) is 3.96. The minimum absolute atomic E-state index is 0.0626. The predicted octanol–water partition coefficient (Wildman–Crippen LogP) is 2.37. The highest BCUT2D eigenvalue weighted by Gasteiger charge is 2.22. The molecular formula is C23H29N5O2. The quantitative estimate of drug-likeness (QED) is 0.500. The molecule has 1 aliphatic heterocycles. The molecule has 7 heteroatoms. The number of hydrogen-bond donors (Lipinski definition) is 3. The number of aromatic nitrogens is 2. The van der Waals surface area contributed by atoms with Gasteiger partial charge in [0.2, 0.25) is 0 Å². The van der Waals surface area contributed by atoms with Gasteiger partial charge in [0.05, 0.1) is 16.6 Å². The van der Waals surface area contributed by atoms with E-state index in [4.69, 9.17) is 4.98 Å². The predicted molar refractivity (Wildman–Crippen MR) is 118 cm³/mol. The molecule has 0 bridgehead atoms. The van der Waals surface area contributed by atoms with E-state index in [0.29, 0.717) is 25.2 Å². The second-order valence-corrected chi connectivity index (χ2v) is 7.53. The Hall–Kier alpha value is -2.74. The molecule has 0 radical (unpaired) electrons. The first-order valence-corrected chi connectivity index (χ1v) is 10.6. The number of carbonyl (C=O) groups excluding carboxylic acids is 1. The number of benzene rings is 2. The first-order valence-electron chi connectivity index (χ1n) is 10.6. The summed E-state index contributed by atoms with van der Waals surface area (Å²) in [6, 6.07) is 13.5. The molecule has 1 aliphatic rings. The molecule has 2 aromatic carbocycles. The van der Waals surface area contributed by atoms with Crippen LogP contribution in [-0.4, -0.2) is 58.2 Å². The zero-order valence-electron chi connectivity index (χ0n) is 17.6. The molecule has 3 aromatic rings. The minimum atomic E-state index is -0.743. The monoisotopic (exact) mass is 407 g/mol. The van der Waals surface area contributed by atoms with Gasteiger partial charge in [-0.1, -0.05) is 38.1 Å². The Morgan fingerprint density at radius 2 is 2.03 bits per heavy atom. The third-order valence-corrected chi connectivity index (χ3v) is 5.75. The third-order valence-electron chi connectivity index (χ3n) is 5.75. The highest BCUT2D eigenvalue weighted by molar-refractivity contribution is 6.06. The molecule has 1 atom stereocenters. The summed E-state index contributed by atoms with van der Waals surface area (Å²) < 4.78 is 2.10. The van der Waals surface area contributed by atoms with Gasteiger partial charge in [-0.25, -0.2) is 4.98 Å². The summed E-state index contributed by atoms with van der Waals surface area (Å²) in [5.74, 6) is 0.749. The van der Waals surface area contributed by atoms with E-state index in [1.54, 1.807) is 0 Å². The number of aliphatic hydroxyl groups excluding tert-OH is 1. The molecule has 4 rings (SSSR count). The van der Waals surface area contributed by atoms with Gasteiger partial charge in [-0.3, -0.25) is 10.1 Å². The zero-order valence-corrected chi connectivity index (χ0v) is 17.6. The first kappa shape index (κ1) is 20.5. The molecular weight excluding hydrogens is 378 g/mol. The van der Waals surface area contributed by atoms with Crippen molar-refractivity contribution in [3.8, 4) is 11.4 Å². The topological polar surface area (TPSA) is 82.4 Å². The largest absolute Gasteiger partial charge is 0.374 e. The lowest BCUT2D eigenvalue weighted by molar-refractivity contribution is 0.0956. The van der Waals surface area contributed by atoms with Crippen LogP contribution in [0.15, 0.2) is 42.5 Å². The lowest BCUT2D eigenvalue weighted by Crippen LogP contribution is -2.33. The number of rotatable bonds is 8. The molecule has 3 N–H and O–H groups in total. The van der Waals surface area contributed by atoms with Gasteiger partial charge in [-0.2, -0.15) is 0 Å². The Morgan fingerprint density at radius 1 is 1.23 bits per heavy atom. The van der Waals surface area contributed by atoms with Crippen LogP contribution in [0.5, 0.6) is 0 Å². The lowest BCUT2D eigenvalue weighted by Gasteiger charge is -2.20. The summed E-state index contributed by atoms with van der Waals surface area (Å²) in [5, 5.41) is 16.8. The Morgan fingerprint density at radius 3 is 2.83 bits per heavy atom. The van der Waals surface area contributed by atoms with Gasteiger partial charge in [0, 0.05) is 31.7 Å². The van der Waals surface area contributed by atoms with Crippen molar-refractivity contribution < 1.29 is 9.90 Å². The molecule has 1 unspecified atom stereocenters. The average Bonchev–Trinajstić information content (AvgIpc) is 3.06. The fraction of sp³-hybridized carbons (Fsp3) is 0.391. The van der Waals surface area contributed by atoms with E-state index in [-0.39, 0.29) is 5.91 Å². The maximum absolute atomic E-state index is 12.4. The number of carbonyl (C=O) groups is 1. The molecule has 1 amide bonds. The van der Waals surface area contributed by atoms with E-state index in [9.17, 15) is 9.90 Å². The summed E-state index contributed by atoms with van der Waals surface area (Å²) in [6.07, 6.45) is -0.743. The summed E-state index contributed by atoms with van der Waals surface area (Å²) in [7, 11) is 0. The number of nitrogens with zero attached hydrogens (tertiary/aromatic N) is 3. The van der Waals surface area contributed by atoms with Gasteiger partial charge in [-0.05, 0) is 36.9 Å². The van der Waals surface area contributed by atoms with Gasteiger partial charge in [0.25, 0.3) is 5.91 Å². The van der Waals surface area contributed by atoms with E-state index < -0.39 is 6.23 Å². The molecule has 0 saturated carbocycles. The number of imidazole rings is 1. The molecule has 0 saturated heterocycles. The summed E-state index contributed by atoms with van der Waals surface area (Å²) >= 11 is 0. The van der Waals surface area contributed by atoms with Crippen LogP contribution < -0.4 is 10.6 Å². The van der Waals surface area contributed by atoms with Crippen molar-refractivity contribution in [2.45, 2.75) is 26.6 Å². The number of para-hydroxylation sites is 1. The van der Waals surface area contributed by atoms with Gasteiger partial charge in [0.15, 0.2) is 0 Å². The number of amides is 1. The molecule has 7 nitrogen and oxygen atoms in total. The second-order valence-electron chi connectivity index (χ2n) is 7.53. The van der Waals surface area contributed by atoms with Gasteiger partial charge >= 0.3 is 0 Å². The summed E-state index contributed by atoms with van der Waals surface area (Å²) in [6.45, 7) is 9.09. The maximum atomic E-state index is 12.4. The van der Waals surface area contributed by atoms with Crippen LogP contribution in [0.4, 0.5) is 0 Å². The first-order chi connectivity index (χ1) is 14.6. The van der Waals surface area contributed by atoms with Crippen molar-refractivity contribution in [3.05, 3.63) is 53.6 Å². The Bertz CT molecular complexity index is 1040. The second kappa shape index (κ2) is 8.95. The number of hydrogen-bond acceptors (Lipinski definition) is 5. The highest BCUT2D eigenvalue weighted by atomic mass is 16.3.